The molecule has 0 radical (unpaired) electrons. The smallest absolute Gasteiger partial charge is 0.324 e. The van der Waals surface area contributed by atoms with E-state index in [0.717, 1.165) is 5.69 Å². The van der Waals surface area contributed by atoms with E-state index in [1.165, 1.54) is 6.92 Å². The highest BCUT2D eigenvalue weighted by Gasteiger charge is 2.05. The monoisotopic (exact) mass is 362 g/mol. The van der Waals surface area contributed by atoms with Crippen LogP contribution in [0.5, 0.6) is 0 Å². The number of hydrogen-bond donors (Lipinski definition) is 4. The molecular weight excluding hydrogens is 344 g/mol. The maximum absolute atomic E-state index is 11.9. The van der Waals surface area contributed by atoms with Gasteiger partial charge in [0.05, 0.1) is 0 Å². The Morgan fingerprint density at radius 3 is 1.89 bits per heavy atom. The molecule has 4 N–H and O–H groups in total. The molecule has 0 aliphatic rings. The summed E-state index contributed by atoms with van der Waals surface area (Å²) < 4.78 is 0. The minimum atomic E-state index is -0.398. The van der Waals surface area contributed by atoms with Crippen LogP contribution in [-0.4, -0.2) is 22.1 Å². The molecular formula is C19H18N6O2. The highest BCUT2D eigenvalue weighted by Crippen LogP contribution is 2.18. The third-order valence-electron chi connectivity index (χ3n) is 3.42. The Morgan fingerprint density at radius 1 is 0.667 bits per heavy atom. The maximum atomic E-state index is 11.9. The third kappa shape index (κ3) is 5.53. The van der Waals surface area contributed by atoms with Gasteiger partial charge in [0.15, 0.2) is 11.6 Å². The van der Waals surface area contributed by atoms with Gasteiger partial charge in [-0.2, -0.15) is 0 Å². The number of hydrogen-bond acceptors (Lipinski definition) is 5. The summed E-state index contributed by atoms with van der Waals surface area (Å²) in [6, 6.07) is 19.2. The molecule has 0 atom stereocenters. The second kappa shape index (κ2) is 8.43. The largest absolute Gasteiger partial charge is 0.339 e. The van der Waals surface area contributed by atoms with Gasteiger partial charge in [-0.15, -0.1) is 10.2 Å². The average Bonchev–Trinajstić information content (AvgIpc) is 2.65. The number of carbonyl (C=O) groups is 2. The molecule has 0 bridgehead atoms. The van der Waals surface area contributed by atoms with Gasteiger partial charge in [-0.1, -0.05) is 18.2 Å². The molecule has 3 aromatic rings. The van der Waals surface area contributed by atoms with Gasteiger partial charge < -0.3 is 16.0 Å². The van der Waals surface area contributed by atoms with Crippen LogP contribution in [0.4, 0.5) is 33.5 Å². The SMILES string of the molecule is CC(=O)Nc1ccc(Nc2ccc(NC(=O)Nc3ccccc3)nn2)cc1. The van der Waals surface area contributed by atoms with Crippen LogP contribution in [0.3, 0.4) is 0 Å². The Kier molecular flexibility index (Phi) is 5.58. The fourth-order valence-corrected chi connectivity index (χ4v) is 2.25. The molecule has 0 unspecified atom stereocenters. The summed E-state index contributed by atoms with van der Waals surface area (Å²) in [4.78, 5) is 23.0. The first-order valence-electron chi connectivity index (χ1n) is 8.20. The first kappa shape index (κ1) is 17.9. The Labute approximate surface area is 156 Å². The van der Waals surface area contributed by atoms with Crippen molar-refractivity contribution in [1.29, 1.82) is 0 Å². The van der Waals surface area contributed by atoms with E-state index >= 15 is 0 Å². The fraction of sp³-hybridized carbons (Fsp3) is 0.0526. The highest BCUT2D eigenvalue weighted by molar-refractivity contribution is 5.99. The van der Waals surface area contributed by atoms with E-state index in [9.17, 15) is 9.59 Å². The van der Waals surface area contributed by atoms with Crippen molar-refractivity contribution in [2.75, 3.05) is 21.3 Å². The molecule has 0 aliphatic carbocycles. The normalized spacial score (nSPS) is 9.96. The minimum Gasteiger partial charge on any atom is -0.339 e. The Hall–Kier alpha value is -3.94. The Bertz CT molecular complexity index is 911. The first-order valence-corrected chi connectivity index (χ1v) is 8.20. The zero-order valence-corrected chi connectivity index (χ0v) is 14.6. The molecule has 0 saturated heterocycles. The molecule has 0 spiro atoms. The lowest BCUT2D eigenvalue weighted by atomic mass is 10.2. The molecule has 1 aromatic heterocycles. The lowest BCUT2D eigenvalue weighted by Crippen LogP contribution is -2.20. The van der Waals surface area contributed by atoms with Gasteiger partial charge >= 0.3 is 6.03 Å². The fourth-order valence-electron chi connectivity index (χ4n) is 2.25. The number of aromatic nitrogens is 2. The van der Waals surface area contributed by atoms with Gasteiger partial charge in [-0.25, -0.2) is 4.79 Å². The van der Waals surface area contributed by atoms with E-state index in [1.807, 2.05) is 30.3 Å². The second-order valence-corrected chi connectivity index (χ2v) is 5.63. The number of benzene rings is 2. The van der Waals surface area contributed by atoms with E-state index in [0.29, 0.717) is 23.0 Å². The third-order valence-corrected chi connectivity index (χ3v) is 3.42. The van der Waals surface area contributed by atoms with Crippen molar-refractivity contribution in [3.63, 3.8) is 0 Å². The van der Waals surface area contributed by atoms with Crippen LogP contribution in [-0.2, 0) is 4.79 Å². The van der Waals surface area contributed by atoms with Gasteiger partial charge in [0.25, 0.3) is 0 Å². The van der Waals surface area contributed by atoms with E-state index in [2.05, 4.69) is 31.5 Å². The van der Waals surface area contributed by atoms with Gasteiger partial charge in [-0.3, -0.25) is 10.1 Å². The van der Waals surface area contributed by atoms with Crippen molar-refractivity contribution < 1.29 is 9.59 Å². The number of amides is 3. The molecule has 27 heavy (non-hydrogen) atoms. The standard InChI is InChI=1S/C19H18N6O2/c1-13(26)20-15-7-9-16(10-8-15)21-17-11-12-18(25-24-17)23-19(27)22-14-5-3-2-4-6-14/h2-12H,1H3,(H,20,26)(H,21,24)(H2,22,23,25,27). The lowest BCUT2D eigenvalue weighted by molar-refractivity contribution is -0.114. The molecule has 3 amide bonds. The molecule has 0 fully saturated rings. The molecule has 3 rings (SSSR count). The zero-order chi connectivity index (χ0) is 19.1. The summed E-state index contributed by atoms with van der Waals surface area (Å²) in [5.41, 5.74) is 2.19. The summed E-state index contributed by atoms with van der Waals surface area (Å²) in [7, 11) is 0. The summed E-state index contributed by atoms with van der Waals surface area (Å²) in [6.45, 7) is 1.46. The number of nitrogens with zero attached hydrogens (tertiary/aromatic N) is 2. The van der Waals surface area contributed by atoms with Crippen molar-refractivity contribution >= 4 is 40.6 Å². The summed E-state index contributed by atoms with van der Waals surface area (Å²) in [6.07, 6.45) is 0. The highest BCUT2D eigenvalue weighted by atomic mass is 16.2. The number of anilines is 5. The molecule has 2 aromatic carbocycles. The van der Waals surface area contributed by atoms with E-state index in [-0.39, 0.29) is 5.91 Å². The quantitative estimate of drug-likeness (QED) is 0.552. The van der Waals surface area contributed by atoms with Crippen molar-refractivity contribution in [2.24, 2.45) is 0 Å². The van der Waals surface area contributed by atoms with E-state index in [4.69, 9.17) is 0 Å². The van der Waals surface area contributed by atoms with Crippen LogP contribution >= 0.6 is 0 Å². The predicted octanol–water partition coefficient (Wildman–Crippen LogP) is 3.82. The molecule has 0 saturated carbocycles. The second-order valence-electron chi connectivity index (χ2n) is 5.63. The maximum Gasteiger partial charge on any atom is 0.324 e. The van der Waals surface area contributed by atoms with Crippen LogP contribution in [0.25, 0.3) is 0 Å². The average molecular weight is 362 g/mol. The van der Waals surface area contributed by atoms with E-state index < -0.39 is 6.03 Å². The van der Waals surface area contributed by atoms with Crippen molar-refractivity contribution in [2.45, 2.75) is 6.92 Å². The molecule has 136 valence electrons. The van der Waals surface area contributed by atoms with Crippen molar-refractivity contribution in [1.82, 2.24) is 10.2 Å². The number of para-hydroxylation sites is 1. The van der Waals surface area contributed by atoms with Gasteiger partial charge in [0.1, 0.15) is 0 Å². The van der Waals surface area contributed by atoms with E-state index in [1.54, 1.807) is 36.4 Å². The van der Waals surface area contributed by atoms with Crippen LogP contribution in [0, 0.1) is 0 Å². The molecule has 0 aliphatic heterocycles. The topological polar surface area (TPSA) is 108 Å². The van der Waals surface area contributed by atoms with Crippen LogP contribution < -0.4 is 21.3 Å². The molecule has 8 heteroatoms. The Morgan fingerprint density at radius 2 is 1.26 bits per heavy atom. The Balaban J connectivity index is 1.55. The van der Waals surface area contributed by atoms with Crippen LogP contribution in [0.15, 0.2) is 66.7 Å². The zero-order valence-electron chi connectivity index (χ0n) is 14.6. The predicted molar refractivity (Wildman–Crippen MR) is 105 cm³/mol. The molecule has 1 heterocycles. The van der Waals surface area contributed by atoms with Gasteiger partial charge in [0, 0.05) is 24.0 Å². The van der Waals surface area contributed by atoms with Crippen molar-refractivity contribution in [3.8, 4) is 0 Å². The number of carbonyl (C=O) groups excluding carboxylic acids is 2. The summed E-state index contributed by atoms with van der Waals surface area (Å²) in [5.74, 6) is 0.729. The van der Waals surface area contributed by atoms with Crippen LogP contribution in [0.2, 0.25) is 0 Å². The van der Waals surface area contributed by atoms with Gasteiger partial charge in [-0.05, 0) is 48.5 Å². The summed E-state index contributed by atoms with van der Waals surface area (Å²) >= 11 is 0. The van der Waals surface area contributed by atoms with Crippen molar-refractivity contribution in [3.05, 3.63) is 66.7 Å². The minimum absolute atomic E-state index is 0.124. The van der Waals surface area contributed by atoms with Crippen LogP contribution in [0.1, 0.15) is 6.92 Å². The first-order chi connectivity index (χ1) is 13.1. The number of rotatable bonds is 5. The van der Waals surface area contributed by atoms with Gasteiger partial charge in [0.2, 0.25) is 5.91 Å². The number of urea groups is 1. The summed E-state index contributed by atoms with van der Waals surface area (Å²) in [5, 5.41) is 19.1. The lowest BCUT2D eigenvalue weighted by Gasteiger charge is -2.08. The number of nitrogens with one attached hydrogen (secondary N) is 4. The molecule has 8 nitrogen and oxygen atoms in total.